The van der Waals surface area contributed by atoms with Gasteiger partial charge in [0.2, 0.25) is 0 Å². The molecule has 10 rings (SSSR count). The van der Waals surface area contributed by atoms with Crippen LogP contribution < -0.4 is 0 Å². The van der Waals surface area contributed by atoms with E-state index in [2.05, 4.69) is 176 Å². The van der Waals surface area contributed by atoms with Crippen molar-refractivity contribution in [3.63, 3.8) is 0 Å². The van der Waals surface area contributed by atoms with Gasteiger partial charge in [-0.05, 0) is 63.2 Å². The summed E-state index contributed by atoms with van der Waals surface area (Å²) in [5.74, 6) is 1.72. The zero-order chi connectivity index (χ0) is 36.6. The lowest BCUT2D eigenvalue weighted by Crippen LogP contribution is -2.00. The first-order chi connectivity index (χ1) is 27.3. The highest BCUT2D eigenvalue weighted by atomic mass is 16.3. The fourth-order valence-corrected chi connectivity index (χ4v) is 7.47. The monoisotopic (exact) mass is 703 g/mol. The lowest BCUT2D eigenvalue weighted by atomic mass is 9.94. The lowest BCUT2D eigenvalue weighted by Gasteiger charge is -2.11. The van der Waals surface area contributed by atoms with Gasteiger partial charge in [0.15, 0.2) is 17.5 Å². The largest absolute Gasteiger partial charge is 0.455 e. The number of para-hydroxylation sites is 1. The van der Waals surface area contributed by atoms with Gasteiger partial charge in [-0.2, -0.15) is 0 Å². The molecule has 0 saturated carbocycles. The Kier molecular flexibility index (Phi) is 8.12. The van der Waals surface area contributed by atoms with Crippen LogP contribution >= 0.6 is 0 Å². The summed E-state index contributed by atoms with van der Waals surface area (Å²) in [6.45, 7) is 0. The molecule has 0 spiro atoms. The van der Waals surface area contributed by atoms with Gasteiger partial charge in [0.1, 0.15) is 11.2 Å². The molecular weight excluding hydrogens is 671 g/mol. The summed E-state index contributed by atoms with van der Waals surface area (Å²) < 4.78 is 7.03. The van der Waals surface area contributed by atoms with Gasteiger partial charge in [0.25, 0.3) is 0 Å². The molecular formula is C51H33N3O. The smallest absolute Gasteiger partial charge is 0.167 e. The van der Waals surface area contributed by atoms with E-state index in [0.717, 1.165) is 83.1 Å². The number of hydrogen-bond donors (Lipinski definition) is 0. The number of rotatable bonds is 7. The molecule has 0 aliphatic carbocycles. The summed E-state index contributed by atoms with van der Waals surface area (Å²) in [4.78, 5) is 15.6. The number of furan rings is 1. The molecule has 0 fully saturated rings. The highest BCUT2D eigenvalue weighted by molar-refractivity contribution is 6.18. The van der Waals surface area contributed by atoms with Crippen molar-refractivity contribution in [1.29, 1.82) is 0 Å². The first-order valence-electron chi connectivity index (χ1n) is 18.4. The molecule has 8 aromatic carbocycles. The van der Waals surface area contributed by atoms with Crippen molar-refractivity contribution in [2.75, 3.05) is 0 Å². The molecule has 0 amide bonds. The van der Waals surface area contributed by atoms with Crippen molar-refractivity contribution in [3.8, 4) is 78.7 Å². The molecule has 0 unspecified atom stereocenters. The van der Waals surface area contributed by atoms with Gasteiger partial charge < -0.3 is 4.42 Å². The maximum Gasteiger partial charge on any atom is 0.167 e. The number of nitrogens with zero attached hydrogens (tertiary/aromatic N) is 3. The topological polar surface area (TPSA) is 51.8 Å². The van der Waals surface area contributed by atoms with Gasteiger partial charge in [0.05, 0.1) is 5.56 Å². The number of aromatic nitrogens is 3. The minimum absolute atomic E-state index is 0.544. The predicted molar refractivity (Wildman–Crippen MR) is 225 cm³/mol. The first-order valence-corrected chi connectivity index (χ1v) is 18.4. The maximum absolute atomic E-state index is 7.03. The van der Waals surface area contributed by atoms with Crippen LogP contribution in [0.1, 0.15) is 0 Å². The standard InChI is InChI=1S/C51H33N3O/c1-5-16-34(17-6-1)38-24-13-26-40(32-38)49-52-50(41-27-14-25-39(33-41)35-18-7-2-8-19-35)54-51(53-49)45-29-15-28-44-46-42(36-20-9-3-10-21-36)30-31-43(48(46)55-47(44)45)37-22-11-4-12-23-37/h1-33H. The van der Waals surface area contributed by atoms with Gasteiger partial charge in [-0.15, -0.1) is 0 Å². The molecule has 0 aliphatic rings. The summed E-state index contributed by atoms with van der Waals surface area (Å²) >= 11 is 0. The summed E-state index contributed by atoms with van der Waals surface area (Å²) in [5, 5.41) is 2.06. The minimum Gasteiger partial charge on any atom is -0.455 e. The normalized spacial score (nSPS) is 11.3. The molecule has 4 nitrogen and oxygen atoms in total. The van der Waals surface area contributed by atoms with Crippen molar-refractivity contribution >= 4 is 21.9 Å². The molecule has 0 aliphatic heterocycles. The molecule has 0 bridgehead atoms. The third kappa shape index (κ3) is 6.06. The molecule has 2 heterocycles. The second-order valence-corrected chi connectivity index (χ2v) is 13.6. The highest BCUT2D eigenvalue weighted by Gasteiger charge is 2.22. The second-order valence-electron chi connectivity index (χ2n) is 13.6. The lowest BCUT2D eigenvalue weighted by molar-refractivity contribution is 0.670. The van der Waals surface area contributed by atoms with Crippen LogP contribution in [0.4, 0.5) is 0 Å². The highest BCUT2D eigenvalue weighted by Crippen LogP contribution is 2.44. The van der Waals surface area contributed by atoms with E-state index in [1.54, 1.807) is 0 Å². The Bertz CT molecular complexity index is 2860. The van der Waals surface area contributed by atoms with Crippen molar-refractivity contribution in [1.82, 2.24) is 15.0 Å². The third-order valence-electron chi connectivity index (χ3n) is 10.1. The van der Waals surface area contributed by atoms with Crippen molar-refractivity contribution in [2.24, 2.45) is 0 Å². The van der Waals surface area contributed by atoms with Gasteiger partial charge in [-0.25, -0.2) is 15.0 Å². The van der Waals surface area contributed by atoms with Crippen molar-refractivity contribution < 1.29 is 4.42 Å². The molecule has 55 heavy (non-hydrogen) atoms. The average molecular weight is 704 g/mol. The van der Waals surface area contributed by atoms with E-state index < -0.39 is 0 Å². The van der Waals surface area contributed by atoms with E-state index in [1.165, 1.54) is 0 Å². The van der Waals surface area contributed by atoms with Crippen LogP contribution in [0.5, 0.6) is 0 Å². The molecule has 0 saturated heterocycles. The van der Waals surface area contributed by atoms with Gasteiger partial charge in [0, 0.05) is 27.5 Å². The van der Waals surface area contributed by atoms with Crippen LogP contribution in [0.3, 0.4) is 0 Å². The summed E-state index contributed by atoms with van der Waals surface area (Å²) in [6, 6.07) is 69.1. The van der Waals surface area contributed by atoms with Gasteiger partial charge in [-0.3, -0.25) is 0 Å². The van der Waals surface area contributed by atoms with E-state index in [4.69, 9.17) is 19.4 Å². The summed E-state index contributed by atoms with van der Waals surface area (Å²) in [5.41, 5.74) is 13.0. The Morgan fingerprint density at radius 3 is 1.24 bits per heavy atom. The van der Waals surface area contributed by atoms with Crippen LogP contribution in [-0.4, -0.2) is 15.0 Å². The predicted octanol–water partition coefficient (Wildman–Crippen LogP) is 13.4. The van der Waals surface area contributed by atoms with Crippen LogP contribution in [0.25, 0.3) is 101 Å². The first kappa shape index (κ1) is 32.2. The Morgan fingerprint density at radius 2 is 0.691 bits per heavy atom. The second kappa shape index (κ2) is 13.8. The SMILES string of the molecule is c1ccc(-c2cccc(-c3nc(-c4cccc(-c5ccccc5)c4)nc(-c4cccc5c4oc4c(-c6ccccc6)ccc(-c6ccccc6)c45)n3)c2)cc1. The Morgan fingerprint density at radius 1 is 0.273 bits per heavy atom. The van der Waals surface area contributed by atoms with Crippen LogP contribution in [-0.2, 0) is 0 Å². The molecule has 4 heteroatoms. The van der Waals surface area contributed by atoms with E-state index in [-0.39, 0.29) is 0 Å². The zero-order valence-corrected chi connectivity index (χ0v) is 29.8. The summed E-state index contributed by atoms with van der Waals surface area (Å²) in [7, 11) is 0. The van der Waals surface area contributed by atoms with Crippen molar-refractivity contribution in [3.05, 3.63) is 200 Å². The van der Waals surface area contributed by atoms with E-state index in [1.807, 2.05) is 24.3 Å². The molecule has 0 atom stereocenters. The third-order valence-corrected chi connectivity index (χ3v) is 10.1. The van der Waals surface area contributed by atoms with Crippen LogP contribution in [0.15, 0.2) is 205 Å². The summed E-state index contributed by atoms with van der Waals surface area (Å²) in [6.07, 6.45) is 0. The van der Waals surface area contributed by atoms with Crippen molar-refractivity contribution in [2.45, 2.75) is 0 Å². The Balaban J connectivity index is 1.22. The van der Waals surface area contributed by atoms with E-state index >= 15 is 0 Å². The zero-order valence-electron chi connectivity index (χ0n) is 29.8. The fraction of sp³-hybridized carbons (Fsp3) is 0. The number of hydrogen-bond acceptors (Lipinski definition) is 4. The van der Waals surface area contributed by atoms with E-state index in [9.17, 15) is 0 Å². The number of fused-ring (bicyclic) bond motifs is 3. The van der Waals surface area contributed by atoms with Gasteiger partial charge in [-0.1, -0.05) is 176 Å². The average Bonchev–Trinajstić information content (AvgIpc) is 3.67. The van der Waals surface area contributed by atoms with Gasteiger partial charge >= 0.3 is 0 Å². The fourth-order valence-electron chi connectivity index (χ4n) is 7.47. The van der Waals surface area contributed by atoms with Crippen LogP contribution in [0, 0.1) is 0 Å². The molecule has 0 N–H and O–H groups in total. The number of benzene rings is 8. The Labute approximate surface area is 319 Å². The minimum atomic E-state index is 0.544. The Hall–Kier alpha value is -7.43. The molecule has 2 aromatic heterocycles. The molecule has 10 aromatic rings. The van der Waals surface area contributed by atoms with E-state index in [0.29, 0.717) is 17.5 Å². The molecule has 0 radical (unpaired) electrons. The maximum atomic E-state index is 7.03. The molecule has 258 valence electrons. The quantitative estimate of drug-likeness (QED) is 0.166. The van der Waals surface area contributed by atoms with Crippen LogP contribution in [0.2, 0.25) is 0 Å².